The van der Waals surface area contributed by atoms with Gasteiger partial charge in [-0.2, -0.15) is 0 Å². The molecule has 1 aliphatic rings. The molecular weight excluding hydrogens is 404 g/mol. The van der Waals surface area contributed by atoms with E-state index in [1.165, 1.54) is 4.90 Å². The van der Waals surface area contributed by atoms with E-state index >= 15 is 0 Å². The summed E-state index contributed by atoms with van der Waals surface area (Å²) in [7, 11) is 0. The van der Waals surface area contributed by atoms with E-state index < -0.39 is 5.91 Å². The third-order valence-electron chi connectivity index (χ3n) is 4.62. The van der Waals surface area contributed by atoms with Crippen molar-refractivity contribution in [3.05, 3.63) is 59.4 Å². The average molecular weight is 418 g/mol. The maximum atomic E-state index is 13.0. The highest BCUT2D eigenvalue weighted by molar-refractivity contribution is 7.21. The van der Waals surface area contributed by atoms with Crippen LogP contribution in [0, 0.1) is 6.92 Å². The number of primary amides is 1. The van der Waals surface area contributed by atoms with Crippen LogP contribution in [0.2, 0.25) is 0 Å². The van der Waals surface area contributed by atoms with Crippen molar-refractivity contribution in [1.29, 1.82) is 0 Å². The van der Waals surface area contributed by atoms with Crippen LogP contribution in [0.15, 0.2) is 48.9 Å². The van der Waals surface area contributed by atoms with Gasteiger partial charge < -0.3 is 15.8 Å². The predicted molar refractivity (Wildman–Crippen MR) is 113 cm³/mol. The number of pyridine rings is 1. The fourth-order valence-corrected chi connectivity index (χ4v) is 4.39. The first-order valence-electron chi connectivity index (χ1n) is 8.91. The minimum atomic E-state index is -0.613. The van der Waals surface area contributed by atoms with Crippen LogP contribution < -0.4 is 20.7 Å². The van der Waals surface area contributed by atoms with E-state index in [9.17, 15) is 9.59 Å². The van der Waals surface area contributed by atoms with Crippen LogP contribution in [0.3, 0.4) is 0 Å². The Morgan fingerprint density at radius 3 is 2.70 bits per heavy atom. The molecule has 4 heterocycles. The first kappa shape index (κ1) is 18.0. The first-order valence-corrected chi connectivity index (χ1v) is 9.72. The number of benzene rings is 1. The fourth-order valence-electron chi connectivity index (χ4n) is 3.38. The van der Waals surface area contributed by atoms with Crippen molar-refractivity contribution in [2.75, 3.05) is 10.2 Å². The summed E-state index contributed by atoms with van der Waals surface area (Å²) in [5.74, 6) is -0.0926. The zero-order valence-corrected chi connectivity index (χ0v) is 16.4. The van der Waals surface area contributed by atoms with Crippen LogP contribution >= 0.6 is 11.3 Å². The van der Waals surface area contributed by atoms with E-state index in [0.29, 0.717) is 33.0 Å². The van der Waals surface area contributed by atoms with Gasteiger partial charge in [0.05, 0.1) is 22.4 Å². The number of rotatable bonds is 4. The molecule has 10 heteroatoms. The molecule has 0 atom stereocenters. The number of nitrogens with one attached hydrogen (secondary N) is 1. The SMILES string of the molecule is Cc1cc(Oc2ncccn2)ccc1N1C(=O)Nc2ccnc3sc(C(N)=O)c1c23. The number of amides is 3. The summed E-state index contributed by atoms with van der Waals surface area (Å²) in [6, 6.07) is 8.44. The molecule has 148 valence electrons. The van der Waals surface area contributed by atoms with Crippen LogP contribution in [0.4, 0.5) is 21.9 Å². The molecule has 30 heavy (non-hydrogen) atoms. The van der Waals surface area contributed by atoms with Crippen molar-refractivity contribution < 1.29 is 14.3 Å². The summed E-state index contributed by atoms with van der Waals surface area (Å²) in [5, 5.41) is 3.55. The largest absolute Gasteiger partial charge is 0.424 e. The van der Waals surface area contributed by atoms with Gasteiger partial charge in [0.1, 0.15) is 15.5 Å². The Labute approximate surface area is 174 Å². The number of hydrogen-bond donors (Lipinski definition) is 2. The van der Waals surface area contributed by atoms with E-state index in [1.807, 2.05) is 6.92 Å². The molecular formula is C20H14N6O3S. The number of urea groups is 1. The molecule has 0 fully saturated rings. The number of thiophene rings is 1. The lowest BCUT2D eigenvalue weighted by molar-refractivity contribution is 0.100. The Balaban J connectivity index is 1.62. The average Bonchev–Trinajstić information content (AvgIpc) is 3.11. The van der Waals surface area contributed by atoms with Crippen LogP contribution in [0.1, 0.15) is 15.2 Å². The van der Waals surface area contributed by atoms with Crippen molar-refractivity contribution >= 4 is 50.6 Å². The van der Waals surface area contributed by atoms with Gasteiger partial charge in [0, 0.05) is 18.6 Å². The summed E-state index contributed by atoms with van der Waals surface area (Å²) < 4.78 is 5.67. The highest BCUT2D eigenvalue weighted by atomic mass is 32.1. The first-order chi connectivity index (χ1) is 14.5. The van der Waals surface area contributed by atoms with Gasteiger partial charge in [-0.3, -0.25) is 9.69 Å². The van der Waals surface area contributed by atoms with Crippen molar-refractivity contribution in [3.8, 4) is 11.8 Å². The second-order valence-corrected chi connectivity index (χ2v) is 7.53. The maximum Gasteiger partial charge on any atom is 0.331 e. The number of ether oxygens (including phenoxy) is 1. The summed E-state index contributed by atoms with van der Waals surface area (Å²) in [4.78, 5) is 39.9. The predicted octanol–water partition coefficient (Wildman–Crippen LogP) is 3.97. The molecule has 0 spiro atoms. The number of carbonyl (C=O) groups excluding carboxylic acids is 2. The van der Waals surface area contributed by atoms with Crippen LogP contribution in [0.5, 0.6) is 11.8 Å². The van der Waals surface area contributed by atoms with Crippen molar-refractivity contribution in [2.24, 2.45) is 5.73 Å². The van der Waals surface area contributed by atoms with E-state index in [1.54, 1.807) is 48.9 Å². The summed E-state index contributed by atoms with van der Waals surface area (Å²) >= 11 is 1.16. The fraction of sp³-hybridized carbons (Fsp3) is 0.0500. The zero-order valence-electron chi connectivity index (χ0n) is 15.6. The van der Waals surface area contributed by atoms with Gasteiger partial charge in [-0.1, -0.05) is 0 Å². The lowest BCUT2D eigenvalue weighted by Crippen LogP contribution is -2.35. The number of anilines is 3. The van der Waals surface area contributed by atoms with Gasteiger partial charge in [-0.05, 0) is 42.8 Å². The van der Waals surface area contributed by atoms with Gasteiger partial charge in [-0.15, -0.1) is 11.3 Å². The Morgan fingerprint density at radius 1 is 1.17 bits per heavy atom. The van der Waals surface area contributed by atoms with Gasteiger partial charge in [0.15, 0.2) is 0 Å². The Morgan fingerprint density at radius 2 is 1.97 bits per heavy atom. The lowest BCUT2D eigenvalue weighted by atomic mass is 10.1. The maximum absolute atomic E-state index is 13.0. The number of hydrogen-bond acceptors (Lipinski definition) is 7. The van der Waals surface area contributed by atoms with Crippen molar-refractivity contribution in [1.82, 2.24) is 15.0 Å². The third kappa shape index (κ3) is 2.81. The summed E-state index contributed by atoms with van der Waals surface area (Å²) in [6.07, 6.45) is 4.75. The van der Waals surface area contributed by atoms with E-state index in [0.717, 1.165) is 16.9 Å². The molecule has 0 aliphatic carbocycles. The molecule has 3 aromatic heterocycles. The lowest BCUT2D eigenvalue weighted by Gasteiger charge is -2.29. The minimum Gasteiger partial charge on any atom is -0.424 e. The second kappa shape index (κ2) is 6.78. The second-order valence-electron chi connectivity index (χ2n) is 6.53. The quantitative estimate of drug-likeness (QED) is 0.517. The van der Waals surface area contributed by atoms with Crippen LogP contribution in [0.25, 0.3) is 10.2 Å². The molecule has 0 unspecified atom stereocenters. The molecule has 0 saturated heterocycles. The smallest absolute Gasteiger partial charge is 0.331 e. The molecule has 3 N–H and O–H groups in total. The monoisotopic (exact) mass is 418 g/mol. The van der Waals surface area contributed by atoms with Gasteiger partial charge >= 0.3 is 12.0 Å². The Bertz CT molecular complexity index is 1320. The molecule has 1 aliphatic heterocycles. The van der Waals surface area contributed by atoms with Crippen LogP contribution in [-0.4, -0.2) is 26.9 Å². The highest BCUT2D eigenvalue weighted by Crippen LogP contribution is 2.47. The molecule has 0 saturated carbocycles. The van der Waals surface area contributed by atoms with E-state index in [-0.39, 0.29) is 16.9 Å². The Kier molecular flexibility index (Phi) is 4.07. The van der Waals surface area contributed by atoms with E-state index in [4.69, 9.17) is 10.5 Å². The van der Waals surface area contributed by atoms with E-state index in [2.05, 4.69) is 20.3 Å². The topological polar surface area (TPSA) is 123 Å². The number of nitrogens with two attached hydrogens (primary N) is 1. The molecule has 5 rings (SSSR count). The standard InChI is InChI=1S/C20H14N6O3S/c1-10-9-11(29-19-23-6-2-7-24-19)3-4-13(10)26-15-14-12(25-20(26)28)5-8-22-18(14)30-16(15)17(21)27/h2-9H,1H3,(H2,21,27)(H,25,28). The Hall–Kier alpha value is -4.05. The molecule has 9 nitrogen and oxygen atoms in total. The number of nitrogens with zero attached hydrogens (tertiary/aromatic N) is 4. The van der Waals surface area contributed by atoms with Gasteiger partial charge in [0.2, 0.25) is 0 Å². The minimum absolute atomic E-state index is 0.218. The number of carbonyl (C=O) groups is 2. The molecule has 0 radical (unpaired) electrons. The molecule has 3 amide bonds. The third-order valence-corrected chi connectivity index (χ3v) is 5.72. The number of aromatic nitrogens is 3. The van der Waals surface area contributed by atoms with Crippen molar-refractivity contribution in [3.63, 3.8) is 0 Å². The summed E-state index contributed by atoms with van der Waals surface area (Å²) in [5.41, 5.74) is 7.99. The normalized spacial score (nSPS) is 12.7. The van der Waals surface area contributed by atoms with Crippen LogP contribution in [-0.2, 0) is 0 Å². The molecule has 4 aromatic rings. The molecule has 1 aromatic carbocycles. The van der Waals surface area contributed by atoms with Gasteiger partial charge in [0.25, 0.3) is 5.91 Å². The van der Waals surface area contributed by atoms with Gasteiger partial charge in [-0.25, -0.2) is 19.7 Å². The number of aryl methyl sites for hydroxylation is 1. The summed E-state index contributed by atoms with van der Waals surface area (Å²) in [6.45, 7) is 1.84. The van der Waals surface area contributed by atoms with Crippen molar-refractivity contribution in [2.45, 2.75) is 6.92 Å². The highest BCUT2D eigenvalue weighted by Gasteiger charge is 2.34. The zero-order chi connectivity index (χ0) is 20.8. The molecule has 0 bridgehead atoms.